The number of aliphatic imine (C=N–C) groups is 1. The molecule has 1 aliphatic rings. The minimum atomic E-state index is -1.19. The van der Waals surface area contributed by atoms with Gasteiger partial charge < -0.3 is 38.1 Å². The van der Waals surface area contributed by atoms with E-state index in [9.17, 15) is 28.8 Å². The molecule has 0 aliphatic carbocycles. The van der Waals surface area contributed by atoms with Crippen LogP contribution in [0.1, 0.15) is 75.5 Å². The monoisotopic (exact) mass is 671 g/mol. The van der Waals surface area contributed by atoms with E-state index in [0.29, 0.717) is 24.8 Å². The van der Waals surface area contributed by atoms with E-state index in [1.165, 1.54) is 18.3 Å². The molecule has 1 saturated heterocycles. The van der Waals surface area contributed by atoms with Crippen LogP contribution in [-0.4, -0.2) is 83.5 Å². The topological polar surface area (TPSA) is 240 Å². The molecule has 256 valence electrons. The number of guanidine groups is 1. The molecule has 15 nitrogen and oxygen atoms in total. The summed E-state index contributed by atoms with van der Waals surface area (Å²) in [5.41, 5.74) is 11.6. The molecule has 0 spiro atoms. The van der Waals surface area contributed by atoms with Crippen molar-refractivity contribution in [1.29, 1.82) is 0 Å². The van der Waals surface area contributed by atoms with Crippen molar-refractivity contribution in [1.82, 2.24) is 31.6 Å². The Labute approximate surface area is 277 Å². The van der Waals surface area contributed by atoms with Gasteiger partial charge in [0.05, 0.1) is 22.7 Å². The summed E-state index contributed by atoms with van der Waals surface area (Å²) in [5, 5.41) is 13.7. The molecule has 16 heteroatoms. The van der Waals surface area contributed by atoms with Crippen molar-refractivity contribution in [2.24, 2.45) is 22.4 Å². The third-order valence-electron chi connectivity index (χ3n) is 7.38. The number of para-hydroxylation sites is 1. The minimum Gasteiger partial charge on any atom is -0.370 e. The second-order valence-electron chi connectivity index (χ2n) is 11.9. The van der Waals surface area contributed by atoms with Gasteiger partial charge in [0, 0.05) is 20.0 Å². The number of nitrogens with two attached hydrogens (primary N) is 2. The van der Waals surface area contributed by atoms with Crippen molar-refractivity contribution in [2.45, 2.75) is 89.9 Å². The zero-order chi connectivity index (χ0) is 34.5. The number of carbonyl (C=O) groups excluding carboxylic acids is 6. The second-order valence-corrected chi connectivity index (χ2v) is 12.9. The average molecular weight is 672 g/mol. The number of hydrogen-bond donors (Lipinski definition) is 7. The van der Waals surface area contributed by atoms with E-state index in [4.69, 9.17) is 11.5 Å². The second kappa shape index (κ2) is 17.9. The zero-order valence-corrected chi connectivity index (χ0v) is 27.8. The van der Waals surface area contributed by atoms with Crippen molar-refractivity contribution in [3.8, 4) is 0 Å². The summed E-state index contributed by atoms with van der Waals surface area (Å²) >= 11 is 1.22. The number of thiazole rings is 1. The first-order chi connectivity index (χ1) is 22.3. The maximum Gasteiger partial charge on any atom is 0.243 e. The Morgan fingerprint density at radius 1 is 1.09 bits per heavy atom. The molecule has 2 heterocycles. The lowest BCUT2D eigenvalue weighted by molar-refractivity contribution is -0.135. The number of nitrogens with zero attached hydrogens (tertiary/aromatic N) is 2. The van der Waals surface area contributed by atoms with Crippen LogP contribution in [0.4, 0.5) is 0 Å². The smallest absolute Gasteiger partial charge is 0.243 e. The van der Waals surface area contributed by atoms with Gasteiger partial charge in [-0.2, -0.15) is 0 Å². The summed E-state index contributed by atoms with van der Waals surface area (Å²) in [6, 6.07) is 3.04. The number of nitrogens with one attached hydrogen (secondary N) is 5. The van der Waals surface area contributed by atoms with Crippen molar-refractivity contribution >= 4 is 62.8 Å². The fraction of sp³-hybridized carbons (Fsp3) is 0.548. The molecule has 47 heavy (non-hydrogen) atoms. The van der Waals surface area contributed by atoms with Crippen LogP contribution in [0.3, 0.4) is 0 Å². The molecule has 2 unspecified atom stereocenters. The molecule has 9 N–H and O–H groups in total. The van der Waals surface area contributed by atoms with Crippen LogP contribution in [0.25, 0.3) is 10.2 Å². The van der Waals surface area contributed by atoms with E-state index in [-0.39, 0.29) is 61.4 Å². The summed E-state index contributed by atoms with van der Waals surface area (Å²) in [6.07, 6.45) is 1.67. The van der Waals surface area contributed by atoms with Gasteiger partial charge in [-0.15, -0.1) is 11.3 Å². The van der Waals surface area contributed by atoms with Crippen molar-refractivity contribution in [3.05, 3.63) is 29.3 Å². The lowest BCUT2D eigenvalue weighted by Gasteiger charge is -2.27. The highest BCUT2D eigenvalue weighted by Crippen LogP contribution is 2.23. The number of benzene rings is 1. The zero-order valence-electron chi connectivity index (χ0n) is 27.0. The van der Waals surface area contributed by atoms with E-state index in [0.717, 1.165) is 4.70 Å². The van der Waals surface area contributed by atoms with Crippen LogP contribution in [0.15, 0.2) is 29.3 Å². The van der Waals surface area contributed by atoms with Gasteiger partial charge in [0.2, 0.25) is 35.3 Å². The van der Waals surface area contributed by atoms with Crippen LogP contribution >= 0.6 is 11.3 Å². The molecule has 0 bridgehead atoms. The third-order valence-corrected chi connectivity index (χ3v) is 8.43. The quantitative estimate of drug-likeness (QED) is 0.0748. The Kier molecular flexibility index (Phi) is 14.1. The van der Waals surface area contributed by atoms with Crippen molar-refractivity contribution in [2.75, 3.05) is 13.1 Å². The van der Waals surface area contributed by atoms with Gasteiger partial charge in [-0.1, -0.05) is 26.0 Å². The Hall–Kier alpha value is -4.60. The average Bonchev–Trinajstić information content (AvgIpc) is 3.44. The maximum absolute atomic E-state index is 13.8. The molecule has 1 fully saturated rings. The summed E-state index contributed by atoms with van der Waals surface area (Å²) in [6.45, 7) is 5.47. The van der Waals surface area contributed by atoms with Crippen LogP contribution in [0.5, 0.6) is 0 Å². The van der Waals surface area contributed by atoms with E-state index in [1.54, 1.807) is 6.07 Å². The molecule has 1 aromatic carbocycles. The Bertz CT molecular complexity index is 1440. The molecular weight excluding hydrogens is 626 g/mol. The number of hydrogen-bond acceptors (Lipinski definition) is 9. The number of aromatic nitrogens is 1. The molecule has 0 saturated carbocycles. The van der Waals surface area contributed by atoms with Crippen molar-refractivity contribution < 1.29 is 28.8 Å². The van der Waals surface area contributed by atoms with Gasteiger partial charge in [-0.25, -0.2) is 4.98 Å². The first kappa shape index (κ1) is 36.9. The number of fused-ring (bicyclic) bond motifs is 1. The first-order valence-electron chi connectivity index (χ1n) is 15.7. The first-order valence-corrected chi connectivity index (χ1v) is 16.6. The normalized spacial score (nSPS) is 20.3. The summed E-state index contributed by atoms with van der Waals surface area (Å²) in [7, 11) is 0. The van der Waals surface area contributed by atoms with Gasteiger partial charge in [0.15, 0.2) is 11.0 Å². The summed E-state index contributed by atoms with van der Waals surface area (Å²) in [5.74, 6) is -3.32. The standard InChI is InChI=1S/C31H45N9O6S/c1-17(2)15-22-28(45)38-21(10-6-7-13-34-25(42)16-23(29(46)39-22)36-18(3)41)27(44)37-20(11-8-14-35-31(32)33)26(43)30-40-19-9-4-5-12-24(19)47-30/h4-5,9,12,17,20-23H,6-8,10-11,13-16H2,1-3H3,(H,34,42)(H,36,41)(H,37,44)(H,38,45)(H,39,46)(H4,32,33,35)/t20-,21?,22?,23-/m0/s1. The molecule has 2 aromatic rings. The fourth-order valence-corrected chi connectivity index (χ4v) is 6.06. The SMILES string of the molecule is CC(=O)N[C@H]1CC(=O)NCCCCC(C(=O)N[C@@H](CCCN=C(N)N)C(=O)c2nc3ccccc3s2)NC(=O)C(CC(C)C)NC1=O. The number of ketones is 1. The third kappa shape index (κ3) is 11.9. The van der Waals surface area contributed by atoms with Crippen LogP contribution in [0.2, 0.25) is 0 Å². The lowest BCUT2D eigenvalue weighted by Crippen LogP contribution is -2.58. The van der Waals surface area contributed by atoms with Crippen LogP contribution < -0.4 is 38.1 Å². The number of amides is 5. The Balaban J connectivity index is 1.86. The maximum atomic E-state index is 13.8. The van der Waals surface area contributed by atoms with E-state index in [2.05, 4.69) is 36.6 Å². The van der Waals surface area contributed by atoms with E-state index in [1.807, 2.05) is 32.0 Å². The molecule has 5 amide bonds. The number of carbonyl (C=O) groups is 6. The molecular formula is C31H45N9O6S. The highest BCUT2D eigenvalue weighted by Gasteiger charge is 2.33. The molecule has 1 aliphatic heterocycles. The predicted molar refractivity (Wildman–Crippen MR) is 178 cm³/mol. The largest absolute Gasteiger partial charge is 0.370 e. The number of Topliss-reactive ketones (excluding diaryl/α,β-unsaturated/α-hetero) is 1. The molecule has 1 aromatic heterocycles. The lowest BCUT2D eigenvalue weighted by atomic mass is 10.00. The highest BCUT2D eigenvalue weighted by molar-refractivity contribution is 7.20. The van der Waals surface area contributed by atoms with E-state index < -0.39 is 53.7 Å². The van der Waals surface area contributed by atoms with Gasteiger partial charge >= 0.3 is 0 Å². The fourth-order valence-electron chi connectivity index (χ4n) is 5.10. The van der Waals surface area contributed by atoms with Crippen LogP contribution in [0, 0.1) is 5.92 Å². The Morgan fingerprint density at radius 2 is 1.83 bits per heavy atom. The highest BCUT2D eigenvalue weighted by atomic mass is 32.1. The number of rotatable bonds is 11. The van der Waals surface area contributed by atoms with E-state index >= 15 is 0 Å². The summed E-state index contributed by atoms with van der Waals surface area (Å²) < 4.78 is 0.825. The minimum absolute atomic E-state index is 0.0271. The van der Waals surface area contributed by atoms with Gasteiger partial charge in [-0.05, 0) is 56.6 Å². The molecule has 3 rings (SSSR count). The van der Waals surface area contributed by atoms with Crippen LogP contribution in [-0.2, 0) is 24.0 Å². The van der Waals surface area contributed by atoms with Gasteiger partial charge in [-0.3, -0.25) is 33.8 Å². The van der Waals surface area contributed by atoms with Gasteiger partial charge in [0.1, 0.15) is 18.1 Å². The molecule has 4 atom stereocenters. The molecule has 0 radical (unpaired) electrons. The summed E-state index contributed by atoms with van der Waals surface area (Å²) in [4.78, 5) is 87.0. The Morgan fingerprint density at radius 3 is 2.51 bits per heavy atom. The van der Waals surface area contributed by atoms with Gasteiger partial charge in [0.25, 0.3) is 0 Å². The van der Waals surface area contributed by atoms with Crippen molar-refractivity contribution in [3.63, 3.8) is 0 Å². The predicted octanol–water partition coefficient (Wildman–Crippen LogP) is 0.228.